The Bertz CT molecular complexity index is 545. The van der Waals surface area contributed by atoms with E-state index >= 15 is 0 Å². The van der Waals surface area contributed by atoms with Gasteiger partial charge in [-0.1, -0.05) is 19.1 Å². The van der Waals surface area contributed by atoms with E-state index in [0.717, 1.165) is 30.9 Å². The zero-order chi connectivity index (χ0) is 14.6. The second kappa shape index (κ2) is 6.45. The van der Waals surface area contributed by atoms with Crippen molar-refractivity contribution in [2.75, 3.05) is 48.2 Å². The van der Waals surface area contributed by atoms with Gasteiger partial charge in [0.05, 0.1) is 23.7 Å². The van der Waals surface area contributed by atoms with Crippen LogP contribution in [0.3, 0.4) is 0 Å². The Labute approximate surface area is 121 Å². The van der Waals surface area contributed by atoms with Gasteiger partial charge in [-0.3, -0.25) is 4.31 Å². The van der Waals surface area contributed by atoms with Gasteiger partial charge in [-0.2, -0.15) is 0 Å². The van der Waals surface area contributed by atoms with Crippen LogP contribution in [-0.2, 0) is 10.0 Å². The Morgan fingerprint density at radius 1 is 1.15 bits per heavy atom. The van der Waals surface area contributed by atoms with Crippen molar-refractivity contribution < 1.29 is 8.42 Å². The molecule has 0 atom stereocenters. The number of para-hydroxylation sites is 2. The molecule has 0 saturated carbocycles. The normalized spacial score (nSPS) is 15.3. The number of nitrogens with zero attached hydrogens (tertiary/aromatic N) is 2. The van der Waals surface area contributed by atoms with Gasteiger partial charge in [0.15, 0.2) is 0 Å². The van der Waals surface area contributed by atoms with E-state index in [1.54, 1.807) is 4.31 Å². The lowest BCUT2D eigenvalue weighted by Crippen LogP contribution is -2.44. The Morgan fingerprint density at radius 3 is 2.55 bits per heavy atom. The second-order valence-electron chi connectivity index (χ2n) is 5.05. The lowest BCUT2D eigenvalue weighted by molar-refractivity contribution is 0.583. The molecule has 0 fully saturated rings. The maximum absolute atomic E-state index is 12.5. The average Bonchev–Trinajstić information content (AvgIpc) is 2.44. The summed E-state index contributed by atoms with van der Waals surface area (Å²) in [5, 5.41) is 3.15. The van der Waals surface area contributed by atoms with Crippen molar-refractivity contribution in [1.82, 2.24) is 5.32 Å². The minimum atomic E-state index is -3.26. The predicted octanol–water partition coefficient (Wildman–Crippen LogP) is 1.27. The van der Waals surface area contributed by atoms with Crippen LogP contribution in [0.4, 0.5) is 11.4 Å². The fourth-order valence-corrected chi connectivity index (χ4v) is 3.82. The number of likely N-dealkylation sites (N-methyl/N-ethyl adjacent to an activating group) is 1. The third kappa shape index (κ3) is 3.24. The summed E-state index contributed by atoms with van der Waals surface area (Å²) in [6.45, 7) is 4.67. The molecule has 1 heterocycles. The average molecular weight is 297 g/mol. The van der Waals surface area contributed by atoms with Crippen LogP contribution in [0, 0.1) is 0 Å². The Kier molecular flexibility index (Phi) is 4.88. The number of hydrogen-bond donors (Lipinski definition) is 1. The first-order chi connectivity index (χ1) is 9.56. The van der Waals surface area contributed by atoms with Gasteiger partial charge in [0.25, 0.3) is 0 Å². The molecule has 6 heteroatoms. The fraction of sp³-hybridized carbons (Fsp3) is 0.571. The fourth-order valence-electron chi connectivity index (χ4n) is 2.38. The maximum atomic E-state index is 12.5. The molecule has 2 rings (SSSR count). The lowest BCUT2D eigenvalue weighted by atomic mass is 10.2. The molecule has 20 heavy (non-hydrogen) atoms. The molecule has 1 aliphatic rings. The van der Waals surface area contributed by atoms with Gasteiger partial charge in [0, 0.05) is 20.1 Å². The van der Waals surface area contributed by atoms with Gasteiger partial charge >= 0.3 is 0 Å². The third-order valence-electron chi connectivity index (χ3n) is 3.50. The Hall–Kier alpha value is -1.27. The molecule has 0 aromatic heterocycles. The molecule has 0 amide bonds. The van der Waals surface area contributed by atoms with E-state index in [9.17, 15) is 8.42 Å². The van der Waals surface area contributed by atoms with E-state index < -0.39 is 10.0 Å². The molecule has 0 aliphatic carbocycles. The molecular formula is C14H23N3O2S. The van der Waals surface area contributed by atoms with E-state index in [-0.39, 0.29) is 5.75 Å². The summed E-state index contributed by atoms with van der Waals surface area (Å²) in [6, 6.07) is 7.67. The summed E-state index contributed by atoms with van der Waals surface area (Å²) in [7, 11) is -1.26. The highest BCUT2D eigenvalue weighted by atomic mass is 32.2. The number of nitrogens with one attached hydrogen (secondary N) is 1. The molecule has 112 valence electrons. The molecule has 5 nitrogen and oxygen atoms in total. The van der Waals surface area contributed by atoms with Crippen molar-refractivity contribution in [3.63, 3.8) is 0 Å². The molecule has 1 N–H and O–H groups in total. The van der Waals surface area contributed by atoms with Crippen molar-refractivity contribution in [2.45, 2.75) is 13.3 Å². The molecule has 1 aromatic carbocycles. The van der Waals surface area contributed by atoms with Gasteiger partial charge in [-0.15, -0.1) is 0 Å². The highest BCUT2D eigenvalue weighted by Gasteiger charge is 2.28. The monoisotopic (exact) mass is 297 g/mol. The molecule has 0 radical (unpaired) electrons. The van der Waals surface area contributed by atoms with Crippen LogP contribution >= 0.6 is 0 Å². The smallest absolute Gasteiger partial charge is 0.236 e. The zero-order valence-electron chi connectivity index (χ0n) is 12.2. The second-order valence-corrected chi connectivity index (χ2v) is 7.06. The van der Waals surface area contributed by atoms with Crippen molar-refractivity contribution >= 4 is 21.4 Å². The summed E-state index contributed by atoms with van der Waals surface area (Å²) in [6.07, 6.45) is 1.01. The first-order valence-electron chi connectivity index (χ1n) is 7.07. The topological polar surface area (TPSA) is 52.7 Å². The maximum Gasteiger partial charge on any atom is 0.236 e. The van der Waals surface area contributed by atoms with Crippen molar-refractivity contribution in [1.29, 1.82) is 0 Å². The van der Waals surface area contributed by atoms with Crippen LogP contribution in [0.1, 0.15) is 13.3 Å². The van der Waals surface area contributed by atoms with E-state index in [2.05, 4.69) is 17.1 Å². The molecule has 0 spiro atoms. The standard InChI is InChI=1S/C14H23N3O2S/c1-3-8-15-9-12-20(18,19)17-11-10-16(2)13-6-4-5-7-14(13)17/h4-7,15H,3,8-12H2,1-2H3. The van der Waals surface area contributed by atoms with Crippen molar-refractivity contribution in [3.05, 3.63) is 24.3 Å². The van der Waals surface area contributed by atoms with E-state index in [4.69, 9.17) is 0 Å². The highest BCUT2D eigenvalue weighted by molar-refractivity contribution is 7.92. The van der Waals surface area contributed by atoms with Crippen LogP contribution in [0.2, 0.25) is 0 Å². The van der Waals surface area contributed by atoms with Gasteiger partial charge in [-0.05, 0) is 25.1 Å². The molecule has 1 aliphatic heterocycles. The largest absolute Gasteiger partial charge is 0.371 e. The van der Waals surface area contributed by atoms with E-state index in [0.29, 0.717) is 13.1 Å². The quantitative estimate of drug-likeness (QED) is 0.804. The summed E-state index contributed by atoms with van der Waals surface area (Å²) in [5.41, 5.74) is 1.76. The van der Waals surface area contributed by atoms with Crippen LogP contribution in [0.15, 0.2) is 24.3 Å². The molecule has 0 bridgehead atoms. The lowest BCUT2D eigenvalue weighted by Gasteiger charge is -2.36. The van der Waals surface area contributed by atoms with Gasteiger partial charge in [0.2, 0.25) is 10.0 Å². The Balaban J connectivity index is 2.14. The first kappa shape index (κ1) is 15.1. The van der Waals surface area contributed by atoms with Crippen LogP contribution < -0.4 is 14.5 Å². The minimum absolute atomic E-state index is 0.144. The first-order valence-corrected chi connectivity index (χ1v) is 8.68. The summed E-state index contributed by atoms with van der Waals surface area (Å²) in [4.78, 5) is 2.09. The number of sulfonamides is 1. The van der Waals surface area contributed by atoms with Crippen LogP contribution in [-0.4, -0.2) is 47.4 Å². The Morgan fingerprint density at radius 2 is 1.85 bits per heavy atom. The van der Waals surface area contributed by atoms with Crippen molar-refractivity contribution in [3.8, 4) is 0 Å². The van der Waals surface area contributed by atoms with Gasteiger partial charge in [0.1, 0.15) is 0 Å². The minimum Gasteiger partial charge on any atom is -0.371 e. The molecular weight excluding hydrogens is 274 g/mol. The van der Waals surface area contributed by atoms with Crippen molar-refractivity contribution in [2.24, 2.45) is 0 Å². The summed E-state index contributed by atoms with van der Waals surface area (Å²) >= 11 is 0. The van der Waals surface area contributed by atoms with Crippen LogP contribution in [0.5, 0.6) is 0 Å². The molecule has 1 aromatic rings. The predicted molar refractivity (Wildman–Crippen MR) is 84.0 cm³/mol. The van der Waals surface area contributed by atoms with Crippen LogP contribution in [0.25, 0.3) is 0 Å². The summed E-state index contributed by atoms with van der Waals surface area (Å²) in [5.74, 6) is 0.144. The van der Waals surface area contributed by atoms with Gasteiger partial charge < -0.3 is 10.2 Å². The number of fused-ring (bicyclic) bond motifs is 1. The number of hydrogen-bond acceptors (Lipinski definition) is 4. The van der Waals surface area contributed by atoms with E-state index in [1.807, 2.05) is 31.3 Å². The number of rotatable bonds is 6. The number of anilines is 2. The molecule has 0 saturated heterocycles. The highest BCUT2D eigenvalue weighted by Crippen LogP contribution is 2.33. The zero-order valence-corrected chi connectivity index (χ0v) is 13.0. The summed E-state index contributed by atoms with van der Waals surface area (Å²) < 4.78 is 26.5. The van der Waals surface area contributed by atoms with Gasteiger partial charge in [-0.25, -0.2) is 8.42 Å². The SMILES string of the molecule is CCCNCCS(=O)(=O)N1CCN(C)c2ccccc21. The van der Waals surface area contributed by atoms with E-state index in [1.165, 1.54) is 0 Å². The molecule has 0 unspecified atom stereocenters. The number of benzene rings is 1. The third-order valence-corrected chi connectivity index (χ3v) is 5.27.